The molecule has 2 rings (SSSR count). The van der Waals surface area contributed by atoms with Gasteiger partial charge in [0.25, 0.3) is 11.6 Å². The number of esters is 1. The molecule has 0 saturated carbocycles. The van der Waals surface area contributed by atoms with E-state index in [-0.39, 0.29) is 17.0 Å². The molecule has 0 aliphatic rings. The van der Waals surface area contributed by atoms with E-state index in [9.17, 15) is 24.5 Å². The third-order valence-electron chi connectivity index (χ3n) is 4.08. The molecule has 8 heteroatoms. The normalized spacial score (nSPS) is 11.4. The average molecular weight is 384 g/mol. The van der Waals surface area contributed by atoms with Gasteiger partial charge in [-0.05, 0) is 31.9 Å². The molecular formula is C20H20N2O6. The van der Waals surface area contributed by atoms with Crippen molar-refractivity contribution in [3.8, 4) is 0 Å². The van der Waals surface area contributed by atoms with Crippen molar-refractivity contribution in [1.29, 1.82) is 0 Å². The summed E-state index contributed by atoms with van der Waals surface area (Å²) >= 11 is 0. The summed E-state index contributed by atoms with van der Waals surface area (Å²) in [4.78, 5) is 46.3. The van der Waals surface area contributed by atoms with Gasteiger partial charge in [-0.2, -0.15) is 0 Å². The minimum atomic E-state index is -0.860. The fourth-order valence-electron chi connectivity index (χ4n) is 2.53. The number of aryl methyl sites for hydroxylation is 1. The number of nitrogens with one attached hydrogen (secondary N) is 1. The summed E-state index contributed by atoms with van der Waals surface area (Å²) in [6, 6.07) is 12.4. The van der Waals surface area contributed by atoms with Crippen molar-refractivity contribution in [1.82, 2.24) is 5.32 Å². The number of Topliss-reactive ketones (excluding diaryl/α,β-unsaturated/α-hetero) is 1. The molecule has 0 radical (unpaired) electrons. The Morgan fingerprint density at radius 2 is 1.82 bits per heavy atom. The van der Waals surface area contributed by atoms with Crippen LogP contribution >= 0.6 is 0 Å². The molecule has 0 fully saturated rings. The van der Waals surface area contributed by atoms with E-state index in [1.54, 1.807) is 6.92 Å². The van der Waals surface area contributed by atoms with Crippen molar-refractivity contribution < 1.29 is 24.0 Å². The molecule has 146 valence electrons. The Labute approximate surface area is 161 Å². The molecule has 0 heterocycles. The van der Waals surface area contributed by atoms with E-state index in [4.69, 9.17) is 4.74 Å². The molecule has 2 aromatic carbocycles. The van der Waals surface area contributed by atoms with Gasteiger partial charge in [-0.3, -0.25) is 19.7 Å². The summed E-state index contributed by atoms with van der Waals surface area (Å²) < 4.78 is 4.91. The standard InChI is InChI=1S/C20H20N2O6/c1-13-8-9-16(11-18(13)22(26)27)20(25)28-12-19(24)21-17(14(2)23)10-15-6-4-3-5-7-15/h3-9,11,17H,10,12H2,1-2H3,(H,21,24)/t17-/m0/s1. The van der Waals surface area contributed by atoms with E-state index < -0.39 is 29.4 Å². The molecule has 28 heavy (non-hydrogen) atoms. The number of amides is 1. The number of rotatable bonds is 8. The number of ether oxygens (including phenoxy) is 1. The first kappa shape index (κ1) is 20.8. The van der Waals surface area contributed by atoms with Crippen LogP contribution in [-0.2, 0) is 20.7 Å². The largest absolute Gasteiger partial charge is 0.452 e. The number of nitro benzene ring substituents is 1. The third-order valence-corrected chi connectivity index (χ3v) is 4.08. The van der Waals surface area contributed by atoms with Gasteiger partial charge < -0.3 is 10.1 Å². The van der Waals surface area contributed by atoms with Crippen LogP contribution in [-0.4, -0.2) is 35.2 Å². The van der Waals surface area contributed by atoms with Gasteiger partial charge >= 0.3 is 5.97 Å². The first-order valence-corrected chi connectivity index (χ1v) is 8.54. The summed E-state index contributed by atoms with van der Waals surface area (Å²) in [7, 11) is 0. The van der Waals surface area contributed by atoms with Crippen LogP contribution in [0.15, 0.2) is 48.5 Å². The Hall–Kier alpha value is -3.55. The quantitative estimate of drug-likeness (QED) is 0.424. The number of ketones is 1. The number of carbonyl (C=O) groups excluding carboxylic acids is 3. The monoisotopic (exact) mass is 384 g/mol. The lowest BCUT2D eigenvalue weighted by atomic mass is 10.0. The molecular weight excluding hydrogens is 364 g/mol. The molecule has 0 aliphatic heterocycles. The fourth-order valence-corrected chi connectivity index (χ4v) is 2.53. The molecule has 1 N–H and O–H groups in total. The number of hydrogen-bond donors (Lipinski definition) is 1. The van der Waals surface area contributed by atoms with Gasteiger partial charge in [0.15, 0.2) is 12.4 Å². The highest BCUT2D eigenvalue weighted by Crippen LogP contribution is 2.19. The van der Waals surface area contributed by atoms with E-state index >= 15 is 0 Å². The Bertz CT molecular complexity index is 895. The summed E-state index contributed by atoms with van der Waals surface area (Å²) in [5.41, 5.74) is 1.05. The topological polar surface area (TPSA) is 116 Å². The SMILES string of the molecule is CC(=O)[C@H](Cc1ccccc1)NC(=O)COC(=O)c1ccc(C)c([N+](=O)[O-])c1. The number of nitro groups is 1. The van der Waals surface area contributed by atoms with E-state index in [0.717, 1.165) is 11.6 Å². The van der Waals surface area contributed by atoms with Crippen LogP contribution in [0.1, 0.15) is 28.4 Å². The summed E-state index contributed by atoms with van der Waals surface area (Å²) in [6.45, 7) is 2.32. The zero-order valence-electron chi connectivity index (χ0n) is 15.5. The molecule has 0 bridgehead atoms. The second-order valence-electron chi connectivity index (χ2n) is 6.25. The molecule has 0 aromatic heterocycles. The number of hydrogen-bond acceptors (Lipinski definition) is 6. The Morgan fingerprint density at radius 1 is 1.14 bits per heavy atom. The van der Waals surface area contributed by atoms with E-state index in [1.807, 2.05) is 30.3 Å². The lowest BCUT2D eigenvalue weighted by Crippen LogP contribution is -2.43. The van der Waals surface area contributed by atoms with Crippen LogP contribution in [0.3, 0.4) is 0 Å². The van der Waals surface area contributed by atoms with Gasteiger partial charge in [0.2, 0.25) is 0 Å². The second-order valence-corrected chi connectivity index (χ2v) is 6.25. The zero-order chi connectivity index (χ0) is 20.7. The number of benzene rings is 2. The van der Waals surface area contributed by atoms with Gasteiger partial charge in [-0.25, -0.2) is 4.79 Å². The van der Waals surface area contributed by atoms with Gasteiger partial charge in [0.1, 0.15) is 0 Å². The summed E-state index contributed by atoms with van der Waals surface area (Å²) in [5.74, 6) is -1.72. The lowest BCUT2D eigenvalue weighted by molar-refractivity contribution is -0.385. The van der Waals surface area contributed by atoms with Gasteiger partial charge in [-0.1, -0.05) is 36.4 Å². The molecule has 1 amide bonds. The highest BCUT2D eigenvalue weighted by atomic mass is 16.6. The van der Waals surface area contributed by atoms with Crippen molar-refractivity contribution in [2.45, 2.75) is 26.3 Å². The van der Waals surface area contributed by atoms with Crippen molar-refractivity contribution in [3.63, 3.8) is 0 Å². The van der Waals surface area contributed by atoms with Crippen LogP contribution in [0.4, 0.5) is 5.69 Å². The molecule has 0 saturated heterocycles. The fraction of sp³-hybridized carbons (Fsp3) is 0.250. The van der Waals surface area contributed by atoms with Gasteiger partial charge in [0, 0.05) is 11.6 Å². The smallest absolute Gasteiger partial charge is 0.338 e. The highest BCUT2D eigenvalue weighted by molar-refractivity contribution is 5.93. The first-order chi connectivity index (χ1) is 13.3. The molecule has 0 unspecified atom stereocenters. The van der Waals surface area contributed by atoms with Gasteiger partial charge in [0.05, 0.1) is 16.5 Å². The predicted molar refractivity (Wildman–Crippen MR) is 101 cm³/mol. The van der Waals surface area contributed by atoms with E-state index in [0.29, 0.717) is 12.0 Å². The van der Waals surface area contributed by atoms with Crippen LogP contribution < -0.4 is 5.32 Å². The molecule has 2 aromatic rings. The van der Waals surface area contributed by atoms with E-state index in [2.05, 4.69) is 5.32 Å². The Morgan fingerprint density at radius 3 is 2.43 bits per heavy atom. The van der Waals surface area contributed by atoms with Crippen molar-refractivity contribution in [2.24, 2.45) is 0 Å². The molecule has 0 spiro atoms. The van der Waals surface area contributed by atoms with Crippen LogP contribution in [0.25, 0.3) is 0 Å². The first-order valence-electron chi connectivity index (χ1n) is 8.54. The third kappa shape index (κ3) is 5.73. The number of nitrogens with zero attached hydrogens (tertiary/aromatic N) is 1. The number of carbonyl (C=O) groups is 3. The maximum atomic E-state index is 12.1. The highest BCUT2D eigenvalue weighted by Gasteiger charge is 2.20. The van der Waals surface area contributed by atoms with E-state index in [1.165, 1.54) is 19.1 Å². The second kappa shape index (κ2) is 9.40. The predicted octanol–water partition coefficient (Wildman–Crippen LogP) is 2.38. The van der Waals surface area contributed by atoms with Crippen molar-refractivity contribution in [3.05, 3.63) is 75.3 Å². The minimum absolute atomic E-state index is 0.0301. The lowest BCUT2D eigenvalue weighted by Gasteiger charge is -2.16. The molecule has 1 atom stereocenters. The summed E-state index contributed by atoms with van der Waals surface area (Å²) in [5, 5.41) is 13.5. The minimum Gasteiger partial charge on any atom is -0.452 e. The molecule has 0 aliphatic carbocycles. The van der Waals surface area contributed by atoms with Crippen LogP contribution in [0.2, 0.25) is 0 Å². The maximum Gasteiger partial charge on any atom is 0.338 e. The van der Waals surface area contributed by atoms with Gasteiger partial charge in [-0.15, -0.1) is 0 Å². The Balaban J connectivity index is 1.95. The maximum absolute atomic E-state index is 12.1. The van der Waals surface area contributed by atoms with Crippen LogP contribution in [0.5, 0.6) is 0 Å². The van der Waals surface area contributed by atoms with Crippen LogP contribution in [0, 0.1) is 17.0 Å². The zero-order valence-corrected chi connectivity index (χ0v) is 15.5. The summed E-state index contributed by atoms with van der Waals surface area (Å²) in [6.07, 6.45) is 0.319. The van der Waals surface area contributed by atoms with Crippen molar-refractivity contribution in [2.75, 3.05) is 6.61 Å². The molecule has 8 nitrogen and oxygen atoms in total. The average Bonchev–Trinajstić information content (AvgIpc) is 2.66. The van der Waals surface area contributed by atoms with Crippen molar-refractivity contribution >= 4 is 23.3 Å². The Kier molecular flexibility index (Phi) is 6.97.